The van der Waals surface area contributed by atoms with Gasteiger partial charge in [0.1, 0.15) is 17.6 Å². The molecule has 0 saturated carbocycles. The Morgan fingerprint density at radius 1 is 1.50 bits per heavy atom. The van der Waals surface area contributed by atoms with E-state index in [2.05, 4.69) is 33.3 Å². The van der Waals surface area contributed by atoms with Crippen molar-refractivity contribution < 1.29 is 4.42 Å². The quantitative estimate of drug-likeness (QED) is 0.922. The van der Waals surface area contributed by atoms with Crippen molar-refractivity contribution in [3.8, 4) is 0 Å². The molecule has 1 unspecified atom stereocenters. The van der Waals surface area contributed by atoms with E-state index in [0.717, 1.165) is 34.7 Å². The Balaban J connectivity index is 2.36. The van der Waals surface area contributed by atoms with E-state index in [0.29, 0.717) is 0 Å². The summed E-state index contributed by atoms with van der Waals surface area (Å²) in [4.78, 5) is 0. The number of hydrogen-bond donors (Lipinski definition) is 1. The molecule has 2 heterocycles. The van der Waals surface area contributed by atoms with Crippen molar-refractivity contribution in [2.24, 2.45) is 7.05 Å². The lowest BCUT2D eigenvalue weighted by Crippen LogP contribution is -2.25. The average molecular weight is 312 g/mol. The van der Waals surface area contributed by atoms with Gasteiger partial charge in [0, 0.05) is 7.05 Å². The molecule has 98 valence electrons. The molecule has 0 aliphatic rings. The molecule has 2 aromatic rings. The number of aromatic nitrogens is 2. The molecule has 2 aromatic heterocycles. The van der Waals surface area contributed by atoms with E-state index < -0.39 is 0 Å². The van der Waals surface area contributed by atoms with Crippen LogP contribution in [0.2, 0.25) is 0 Å². The minimum Gasteiger partial charge on any atom is -0.464 e. The highest BCUT2D eigenvalue weighted by Crippen LogP contribution is 2.29. The van der Waals surface area contributed by atoms with Crippen LogP contribution in [0.15, 0.2) is 27.2 Å². The third kappa shape index (κ3) is 2.67. The van der Waals surface area contributed by atoms with Crippen molar-refractivity contribution in [1.82, 2.24) is 15.1 Å². The maximum atomic E-state index is 5.75. The van der Waals surface area contributed by atoms with E-state index in [1.54, 1.807) is 0 Å². The lowest BCUT2D eigenvalue weighted by Gasteiger charge is -2.17. The Bertz CT molecular complexity index is 499. The molecule has 0 saturated heterocycles. The summed E-state index contributed by atoms with van der Waals surface area (Å²) in [7, 11) is 1.94. The Hall–Kier alpha value is -1.07. The molecule has 0 aliphatic carbocycles. The van der Waals surface area contributed by atoms with Gasteiger partial charge in [-0.15, -0.1) is 0 Å². The van der Waals surface area contributed by atoms with Gasteiger partial charge >= 0.3 is 0 Å². The summed E-state index contributed by atoms with van der Waals surface area (Å²) in [5, 5.41) is 7.76. The van der Waals surface area contributed by atoms with Crippen LogP contribution < -0.4 is 5.32 Å². The predicted molar refractivity (Wildman–Crippen MR) is 74.5 cm³/mol. The first-order valence-corrected chi connectivity index (χ1v) is 6.90. The van der Waals surface area contributed by atoms with Crippen LogP contribution in [0, 0.1) is 6.92 Å². The van der Waals surface area contributed by atoms with Crippen molar-refractivity contribution in [2.75, 3.05) is 6.54 Å². The number of halogens is 1. The molecule has 5 heteroatoms. The third-order valence-corrected chi connectivity index (χ3v) is 3.47. The van der Waals surface area contributed by atoms with Crippen LogP contribution in [0.4, 0.5) is 0 Å². The molecule has 0 spiro atoms. The first kappa shape index (κ1) is 13.4. The smallest absolute Gasteiger partial charge is 0.127 e. The summed E-state index contributed by atoms with van der Waals surface area (Å²) in [5.74, 6) is 1.84. The number of nitrogens with zero attached hydrogens (tertiary/aromatic N) is 2. The van der Waals surface area contributed by atoms with Gasteiger partial charge < -0.3 is 9.73 Å². The van der Waals surface area contributed by atoms with Gasteiger partial charge in [-0.05, 0) is 48.0 Å². The SMILES string of the molecule is CCCNC(c1ccc(C)o1)c1c(Br)cnn1C. The zero-order valence-electron chi connectivity index (χ0n) is 10.9. The summed E-state index contributed by atoms with van der Waals surface area (Å²) in [6, 6.07) is 4.03. The first-order valence-electron chi connectivity index (χ1n) is 6.10. The van der Waals surface area contributed by atoms with E-state index >= 15 is 0 Å². The fourth-order valence-corrected chi connectivity index (χ4v) is 2.55. The van der Waals surface area contributed by atoms with Crippen LogP contribution in [0.3, 0.4) is 0 Å². The molecule has 18 heavy (non-hydrogen) atoms. The van der Waals surface area contributed by atoms with Crippen LogP contribution in [-0.2, 0) is 7.05 Å². The van der Waals surface area contributed by atoms with E-state index in [9.17, 15) is 0 Å². The predicted octanol–water partition coefficient (Wildman–Crippen LogP) is 3.17. The molecular weight excluding hydrogens is 294 g/mol. The van der Waals surface area contributed by atoms with Gasteiger partial charge in [-0.1, -0.05) is 6.92 Å². The maximum absolute atomic E-state index is 5.75. The molecule has 4 nitrogen and oxygen atoms in total. The summed E-state index contributed by atoms with van der Waals surface area (Å²) in [6.07, 6.45) is 2.89. The summed E-state index contributed by atoms with van der Waals surface area (Å²) in [5.41, 5.74) is 1.08. The number of aryl methyl sites for hydroxylation is 2. The van der Waals surface area contributed by atoms with Crippen molar-refractivity contribution >= 4 is 15.9 Å². The van der Waals surface area contributed by atoms with Crippen molar-refractivity contribution in [3.05, 3.63) is 40.0 Å². The van der Waals surface area contributed by atoms with Crippen LogP contribution in [-0.4, -0.2) is 16.3 Å². The average Bonchev–Trinajstić information content (AvgIpc) is 2.90. The lowest BCUT2D eigenvalue weighted by molar-refractivity contribution is 0.418. The molecular formula is C13H18BrN3O. The van der Waals surface area contributed by atoms with Gasteiger partial charge in [0.15, 0.2) is 0 Å². The zero-order chi connectivity index (χ0) is 13.1. The maximum Gasteiger partial charge on any atom is 0.127 e. The zero-order valence-corrected chi connectivity index (χ0v) is 12.5. The van der Waals surface area contributed by atoms with E-state index in [4.69, 9.17) is 4.42 Å². The van der Waals surface area contributed by atoms with Gasteiger partial charge in [-0.25, -0.2) is 0 Å². The van der Waals surface area contributed by atoms with Crippen molar-refractivity contribution in [3.63, 3.8) is 0 Å². The fourth-order valence-electron chi connectivity index (χ4n) is 1.97. The molecule has 0 radical (unpaired) electrons. The second kappa shape index (κ2) is 5.71. The van der Waals surface area contributed by atoms with Crippen LogP contribution >= 0.6 is 15.9 Å². The third-order valence-electron chi connectivity index (χ3n) is 2.86. The monoisotopic (exact) mass is 311 g/mol. The fraction of sp³-hybridized carbons (Fsp3) is 0.462. The largest absolute Gasteiger partial charge is 0.464 e. The number of hydrogen-bond acceptors (Lipinski definition) is 3. The van der Waals surface area contributed by atoms with Crippen LogP contribution in [0.1, 0.15) is 36.6 Å². The van der Waals surface area contributed by atoms with Crippen molar-refractivity contribution in [2.45, 2.75) is 26.3 Å². The lowest BCUT2D eigenvalue weighted by atomic mass is 10.1. The second-order valence-electron chi connectivity index (χ2n) is 4.34. The molecule has 0 aromatic carbocycles. The molecule has 1 N–H and O–H groups in total. The van der Waals surface area contributed by atoms with Gasteiger partial charge in [0.25, 0.3) is 0 Å². The molecule has 2 rings (SSSR count). The Morgan fingerprint density at radius 3 is 2.78 bits per heavy atom. The topological polar surface area (TPSA) is 43.0 Å². The van der Waals surface area contributed by atoms with Gasteiger partial charge in [0.2, 0.25) is 0 Å². The second-order valence-corrected chi connectivity index (χ2v) is 5.19. The summed E-state index contributed by atoms with van der Waals surface area (Å²) >= 11 is 3.55. The minimum atomic E-state index is 0.0283. The van der Waals surface area contributed by atoms with Gasteiger partial charge in [-0.3, -0.25) is 4.68 Å². The Labute approximate surface area is 115 Å². The highest BCUT2D eigenvalue weighted by atomic mass is 79.9. The number of rotatable bonds is 5. The van der Waals surface area contributed by atoms with E-state index in [1.807, 2.05) is 37.0 Å². The molecule has 0 fully saturated rings. The standard InChI is InChI=1S/C13H18BrN3O/c1-4-7-15-12(11-6-5-9(2)18-11)13-10(14)8-16-17(13)3/h5-6,8,12,15H,4,7H2,1-3H3. The van der Waals surface area contributed by atoms with Gasteiger partial charge in [-0.2, -0.15) is 5.10 Å². The molecule has 0 aliphatic heterocycles. The molecule has 1 atom stereocenters. The van der Waals surface area contributed by atoms with Crippen molar-refractivity contribution in [1.29, 1.82) is 0 Å². The number of nitrogens with one attached hydrogen (secondary N) is 1. The first-order chi connectivity index (χ1) is 8.63. The summed E-state index contributed by atoms with van der Waals surface area (Å²) in [6.45, 7) is 5.04. The van der Waals surface area contributed by atoms with E-state index in [-0.39, 0.29) is 6.04 Å². The van der Waals surface area contributed by atoms with E-state index in [1.165, 1.54) is 0 Å². The number of furan rings is 1. The Kier molecular flexibility index (Phi) is 4.24. The summed E-state index contributed by atoms with van der Waals surface area (Å²) < 4.78 is 8.62. The minimum absolute atomic E-state index is 0.0283. The Morgan fingerprint density at radius 2 is 2.28 bits per heavy atom. The highest BCUT2D eigenvalue weighted by Gasteiger charge is 2.22. The van der Waals surface area contributed by atoms with Crippen LogP contribution in [0.25, 0.3) is 0 Å². The van der Waals surface area contributed by atoms with Crippen LogP contribution in [0.5, 0.6) is 0 Å². The normalized spacial score (nSPS) is 12.9. The highest BCUT2D eigenvalue weighted by molar-refractivity contribution is 9.10. The van der Waals surface area contributed by atoms with Gasteiger partial charge in [0.05, 0.1) is 16.4 Å². The molecule has 0 amide bonds. The molecule has 0 bridgehead atoms.